The van der Waals surface area contributed by atoms with E-state index < -0.39 is 0 Å². The van der Waals surface area contributed by atoms with Crippen LogP contribution in [-0.2, 0) is 9.53 Å². The zero-order chi connectivity index (χ0) is 14.1. The third kappa shape index (κ3) is 6.36. The Balaban J connectivity index is 2.39. The van der Waals surface area contributed by atoms with Crippen LogP contribution < -0.4 is 11.1 Å². The van der Waals surface area contributed by atoms with Crippen LogP contribution in [0, 0.1) is 0 Å². The van der Waals surface area contributed by atoms with Crippen LogP contribution in [0.2, 0.25) is 0 Å². The Hall–Kier alpha value is -0.650. The lowest BCUT2D eigenvalue weighted by molar-refractivity contribution is -0.123. The summed E-state index contributed by atoms with van der Waals surface area (Å²) >= 11 is 0. The van der Waals surface area contributed by atoms with Crippen LogP contribution in [0.4, 0.5) is 0 Å². The van der Waals surface area contributed by atoms with E-state index in [1.165, 1.54) is 25.7 Å². The predicted octanol–water partition coefficient (Wildman–Crippen LogP) is 0.731. The number of carbonyl (C=O) groups excluding carboxylic acids is 1. The average Bonchev–Trinajstić information content (AvgIpc) is 2.88. The van der Waals surface area contributed by atoms with Crippen LogP contribution in [0.3, 0.4) is 0 Å². The van der Waals surface area contributed by atoms with E-state index in [0.29, 0.717) is 25.7 Å². The Kier molecular flexibility index (Phi) is 8.02. The van der Waals surface area contributed by atoms with Gasteiger partial charge >= 0.3 is 0 Å². The number of hydrogen-bond donors (Lipinski definition) is 2. The lowest BCUT2D eigenvalue weighted by atomic mass is 10.2. The molecule has 0 spiro atoms. The second kappa shape index (κ2) is 9.28. The second-order valence-corrected chi connectivity index (χ2v) is 5.47. The van der Waals surface area contributed by atoms with Gasteiger partial charge in [0.1, 0.15) is 0 Å². The number of nitrogens with two attached hydrogens (primary N) is 1. The highest BCUT2D eigenvalue weighted by Gasteiger charge is 2.24. The first kappa shape index (κ1) is 16.4. The van der Waals surface area contributed by atoms with Crippen LogP contribution in [0.15, 0.2) is 0 Å². The normalized spacial score (nSPS) is 17.9. The summed E-state index contributed by atoms with van der Waals surface area (Å²) in [5, 5.41) is 2.97. The van der Waals surface area contributed by atoms with Crippen molar-refractivity contribution in [2.45, 2.75) is 51.1 Å². The van der Waals surface area contributed by atoms with Crippen molar-refractivity contribution in [1.82, 2.24) is 10.2 Å². The molecule has 1 aliphatic carbocycles. The number of amides is 1. The molecule has 5 heteroatoms. The van der Waals surface area contributed by atoms with Gasteiger partial charge in [-0.25, -0.2) is 0 Å². The van der Waals surface area contributed by atoms with E-state index in [1.807, 2.05) is 6.92 Å². The molecule has 0 radical (unpaired) electrons. The van der Waals surface area contributed by atoms with E-state index in [0.717, 1.165) is 13.0 Å². The van der Waals surface area contributed by atoms with Gasteiger partial charge in [0.15, 0.2) is 0 Å². The molecule has 0 aromatic heterocycles. The van der Waals surface area contributed by atoms with Crippen molar-refractivity contribution in [2.75, 3.05) is 33.4 Å². The molecule has 0 bridgehead atoms. The molecule has 0 aliphatic heterocycles. The Morgan fingerprint density at radius 1 is 1.47 bits per heavy atom. The minimum absolute atomic E-state index is 0.0671. The summed E-state index contributed by atoms with van der Waals surface area (Å²) < 4.78 is 5.03. The Morgan fingerprint density at radius 3 is 2.74 bits per heavy atom. The van der Waals surface area contributed by atoms with Gasteiger partial charge in [-0.3, -0.25) is 9.69 Å². The largest absolute Gasteiger partial charge is 0.383 e. The first-order valence-electron chi connectivity index (χ1n) is 7.39. The first-order chi connectivity index (χ1) is 9.17. The molecule has 3 N–H and O–H groups in total. The average molecular weight is 271 g/mol. The van der Waals surface area contributed by atoms with E-state index in [2.05, 4.69) is 10.2 Å². The third-order valence-corrected chi connectivity index (χ3v) is 3.66. The Bertz CT molecular complexity index is 255. The molecule has 1 rings (SSSR count). The fourth-order valence-electron chi connectivity index (χ4n) is 2.75. The van der Waals surface area contributed by atoms with E-state index in [9.17, 15) is 4.79 Å². The lowest BCUT2D eigenvalue weighted by Gasteiger charge is -2.28. The summed E-state index contributed by atoms with van der Waals surface area (Å²) in [4.78, 5) is 14.3. The summed E-state index contributed by atoms with van der Waals surface area (Å²) in [5.41, 5.74) is 5.58. The quantitative estimate of drug-likeness (QED) is 0.649. The highest BCUT2D eigenvalue weighted by molar-refractivity contribution is 5.78. The zero-order valence-electron chi connectivity index (χ0n) is 12.4. The van der Waals surface area contributed by atoms with Gasteiger partial charge in [0.05, 0.1) is 13.2 Å². The van der Waals surface area contributed by atoms with Gasteiger partial charge < -0.3 is 15.8 Å². The molecule has 19 heavy (non-hydrogen) atoms. The van der Waals surface area contributed by atoms with Gasteiger partial charge in [0, 0.05) is 25.7 Å². The number of nitrogens with one attached hydrogen (secondary N) is 1. The smallest absolute Gasteiger partial charge is 0.234 e. The summed E-state index contributed by atoms with van der Waals surface area (Å²) in [7, 11) is 1.65. The molecule has 1 aliphatic rings. The number of nitrogens with zero attached hydrogens (tertiary/aromatic N) is 1. The summed E-state index contributed by atoms with van der Waals surface area (Å²) in [6, 6.07) is 0.632. The molecular formula is C14H29N3O2. The van der Waals surface area contributed by atoms with E-state index in [1.54, 1.807) is 7.11 Å². The van der Waals surface area contributed by atoms with Gasteiger partial charge in [-0.15, -0.1) is 0 Å². The van der Waals surface area contributed by atoms with E-state index in [-0.39, 0.29) is 11.9 Å². The molecule has 1 atom stereocenters. The van der Waals surface area contributed by atoms with Crippen LogP contribution in [0.25, 0.3) is 0 Å². The molecule has 1 fully saturated rings. The van der Waals surface area contributed by atoms with Crippen LogP contribution in [-0.4, -0.2) is 56.2 Å². The first-order valence-corrected chi connectivity index (χ1v) is 7.39. The molecule has 0 aromatic rings. The maximum absolute atomic E-state index is 12.0. The number of ether oxygens (including phenoxy) is 1. The maximum Gasteiger partial charge on any atom is 0.234 e. The Morgan fingerprint density at radius 2 is 2.16 bits per heavy atom. The standard InChI is InChI=1S/C14H29N3O2/c1-12(11-19-2)16-14(18)10-17(9-5-8-15)13-6-3-4-7-13/h12-13H,3-11,15H2,1-2H3,(H,16,18). The van der Waals surface area contributed by atoms with Gasteiger partial charge in [0.2, 0.25) is 5.91 Å². The maximum atomic E-state index is 12.0. The van der Waals surface area contributed by atoms with Gasteiger partial charge in [-0.1, -0.05) is 12.8 Å². The third-order valence-electron chi connectivity index (χ3n) is 3.66. The fraction of sp³-hybridized carbons (Fsp3) is 0.929. The van der Waals surface area contributed by atoms with Crippen molar-refractivity contribution >= 4 is 5.91 Å². The van der Waals surface area contributed by atoms with Crippen molar-refractivity contribution in [2.24, 2.45) is 5.73 Å². The molecule has 112 valence electrons. The zero-order valence-corrected chi connectivity index (χ0v) is 12.4. The molecule has 0 heterocycles. The summed E-state index contributed by atoms with van der Waals surface area (Å²) in [6.07, 6.45) is 5.95. The van der Waals surface area contributed by atoms with Gasteiger partial charge in [-0.05, 0) is 32.7 Å². The second-order valence-electron chi connectivity index (χ2n) is 5.47. The van der Waals surface area contributed by atoms with Gasteiger partial charge in [-0.2, -0.15) is 0 Å². The van der Waals surface area contributed by atoms with E-state index in [4.69, 9.17) is 10.5 Å². The SMILES string of the molecule is COCC(C)NC(=O)CN(CCCN)C1CCCC1. The van der Waals surface area contributed by atoms with Crippen molar-refractivity contribution in [1.29, 1.82) is 0 Å². The summed E-state index contributed by atoms with van der Waals surface area (Å²) in [5.74, 6) is 0.0912. The molecular weight excluding hydrogens is 242 g/mol. The number of methoxy groups -OCH3 is 1. The molecule has 5 nitrogen and oxygen atoms in total. The molecule has 0 saturated heterocycles. The highest BCUT2D eigenvalue weighted by atomic mass is 16.5. The van der Waals surface area contributed by atoms with Gasteiger partial charge in [0.25, 0.3) is 0 Å². The molecule has 1 saturated carbocycles. The van der Waals surface area contributed by atoms with Crippen molar-refractivity contribution in [3.63, 3.8) is 0 Å². The molecule has 0 aromatic carbocycles. The van der Waals surface area contributed by atoms with Crippen molar-refractivity contribution in [3.05, 3.63) is 0 Å². The minimum Gasteiger partial charge on any atom is -0.383 e. The highest BCUT2D eigenvalue weighted by Crippen LogP contribution is 2.23. The Labute approximate surface area is 116 Å². The molecule has 1 amide bonds. The van der Waals surface area contributed by atoms with Crippen molar-refractivity contribution < 1.29 is 9.53 Å². The molecule has 1 unspecified atom stereocenters. The van der Waals surface area contributed by atoms with Crippen LogP contribution >= 0.6 is 0 Å². The monoisotopic (exact) mass is 271 g/mol. The van der Waals surface area contributed by atoms with Crippen molar-refractivity contribution in [3.8, 4) is 0 Å². The topological polar surface area (TPSA) is 67.6 Å². The number of hydrogen-bond acceptors (Lipinski definition) is 4. The summed E-state index contributed by atoms with van der Waals surface area (Å²) in [6.45, 7) is 4.61. The fourth-order valence-corrected chi connectivity index (χ4v) is 2.75. The van der Waals surface area contributed by atoms with Crippen LogP contribution in [0.5, 0.6) is 0 Å². The predicted molar refractivity (Wildman–Crippen MR) is 77.0 cm³/mol. The van der Waals surface area contributed by atoms with E-state index >= 15 is 0 Å². The lowest BCUT2D eigenvalue weighted by Crippen LogP contribution is -2.46. The number of carbonyl (C=O) groups is 1. The minimum atomic E-state index is 0.0671. The number of rotatable bonds is 9. The van der Waals surface area contributed by atoms with Crippen LogP contribution in [0.1, 0.15) is 39.0 Å².